The summed E-state index contributed by atoms with van der Waals surface area (Å²) < 4.78 is 7.49. The van der Waals surface area contributed by atoms with Crippen molar-refractivity contribution in [3.63, 3.8) is 0 Å². The SMILES string of the molecule is Cc1ccc(C=Nn2c(-c3ccc(C)c(C)c3)csc2=NC(C)C)o1. The van der Waals surface area contributed by atoms with Gasteiger partial charge in [-0.25, -0.2) is 4.68 Å². The highest BCUT2D eigenvalue weighted by molar-refractivity contribution is 7.07. The third kappa shape index (κ3) is 3.99. The van der Waals surface area contributed by atoms with E-state index in [2.05, 4.69) is 56.4 Å². The van der Waals surface area contributed by atoms with Crippen LogP contribution in [-0.4, -0.2) is 16.9 Å². The summed E-state index contributed by atoms with van der Waals surface area (Å²) in [7, 11) is 0. The Morgan fingerprint density at radius 2 is 1.88 bits per heavy atom. The molecule has 2 heterocycles. The number of nitrogens with zero attached hydrogens (tertiary/aromatic N) is 3. The number of benzene rings is 1. The number of hydrogen-bond donors (Lipinski definition) is 0. The van der Waals surface area contributed by atoms with Crippen molar-refractivity contribution >= 4 is 17.6 Å². The molecule has 25 heavy (non-hydrogen) atoms. The van der Waals surface area contributed by atoms with Crippen LogP contribution in [0.1, 0.15) is 36.5 Å². The van der Waals surface area contributed by atoms with Gasteiger partial charge in [-0.1, -0.05) is 12.1 Å². The summed E-state index contributed by atoms with van der Waals surface area (Å²) in [6, 6.07) is 10.5. The summed E-state index contributed by atoms with van der Waals surface area (Å²) >= 11 is 1.60. The van der Waals surface area contributed by atoms with Crippen LogP contribution in [0.15, 0.2) is 50.2 Å². The number of hydrogen-bond acceptors (Lipinski definition) is 4. The summed E-state index contributed by atoms with van der Waals surface area (Å²) in [6.07, 6.45) is 1.74. The second kappa shape index (κ2) is 7.23. The van der Waals surface area contributed by atoms with E-state index in [-0.39, 0.29) is 6.04 Å². The zero-order valence-corrected chi connectivity index (χ0v) is 16.1. The lowest BCUT2D eigenvalue weighted by Gasteiger charge is -2.06. The molecule has 0 aliphatic heterocycles. The summed E-state index contributed by atoms with van der Waals surface area (Å²) in [5.41, 5.74) is 4.72. The molecule has 5 heteroatoms. The molecule has 0 aliphatic rings. The van der Waals surface area contributed by atoms with E-state index in [1.807, 2.05) is 23.7 Å². The summed E-state index contributed by atoms with van der Waals surface area (Å²) in [4.78, 5) is 5.58. The molecule has 0 amide bonds. The van der Waals surface area contributed by atoms with Crippen LogP contribution in [-0.2, 0) is 0 Å². The minimum Gasteiger partial charge on any atom is -0.460 e. The molecule has 0 unspecified atom stereocenters. The number of furan rings is 1. The zero-order valence-electron chi connectivity index (χ0n) is 15.3. The fourth-order valence-electron chi connectivity index (χ4n) is 2.46. The smallest absolute Gasteiger partial charge is 0.206 e. The summed E-state index contributed by atoms with van der Waals surface area (Å²) in [5, 5.41) is 6.75. The first-order chi connectivity index (χ1) is 11.9. The fraction of sp³-hybridized carbons (Fsp3) is 0.300. The van der Waals surface area contributed by atoms with Crippen molar-refractivity contribution in [1.82, 2.24) is 4.68 Å². The number of rotatable bonds is 4. The molecular formula is C20H23N3OS. The number of aromatic nitrogens is 1. The van der Waals surface area contributed by atoms with E-state index in [1.165, 1.54) is 11.1 Å². The molecule has 0 aliphatic carbocycles. The highest BCUT2D eigenvalue weighted by atomic mass is 32.1. The maximum absolute atomic E-state index is 5.59. The minimum absolute atomic E-state index is 0.207. The topological polar surface area (TPSA) is 42.8 Å². The van der Waals surface area contributed by atoms with Gasteiger partial charge in [0.2, 0.25) is 4.80 Å². The van der Waals surface area contributed by atoms with Gasteiger partial charge in [0.15, 0.2) is 0 Å². The summed E-state index contributed by atoms with van der Waals surface area (Å²) in [5.74, 6) is 1.61. The highest BCUT2D eigenvalue weighted by Gasteiger charge is 2.09. The molecule has 2 aromatic heterocycles. The maximum atomic E-state index is 5.59. The van der Waals surface area contributed by atoms with Crippen LogP contribution < -0.4 is 4.80 Å². The average molecular weight is 353 g/mol. The van der Waals surface area contributed by atoms with Gasteiger partial charge in [-0.3, -0.25) is 4.99 Å². The third-order valence-corrected chi connectivity index (χ3v) is 4.75. The van der Waals surface area contributed by atoms with E-state index in [1.54, 1.807) is 17.6 Å². The predicted octanol–water partition coefficient (Wildman–Crippen LogP) is 4.93. The van der Waals surface area contributed by atoms with Gasteiger partial charge in [0.05, 0.1) is 11.9 Å². The van der Waals surface area contributed by atoms with Gasteiger partial charge >= 0.3 is 0 Å². The van der Waals surface area contributed by atoms with Gasteiger partial charge < -0.3 is 4.42 Å². The molecule has 0 spiro atoms. The molecule has 0 saturated carbocycles. The predicted molar refractivity (Wildman–Crippen MR) is 104 cm³/mol. The molecule has 1 aromatic carbocycles. The normalized spacial score (nSPS) is 12.6. The van der Waals surface area contributed by atoms with Crippen LogP contribution in [0.2, 0.25) is 0 Å². The molecule has 0 atom stereocenters. The molecule has 3 rings (SSSR count). The minimum atomic E-state index is 0.207. The van der Waals surface area contributed by atoms with Crippen LogP contribution in [0.4, 0.5) is 0 Å². The van der Waals surface area contributed by atoms with Gasteiger partial charge in [-0.05, 0) is 63.9 Å². The molecule has 0 saturated heterocycles. The van der Waals surface area contributed by atoms with Crippen LogP contribution >= 0.6 is 11.3 Å². The van der Waals surface area contributed by atoms with Crippen molar-refractivity contribution in [1.29, 1.82) is 0 Å². The van der Waals surface area contributed by atoms with E-state index in [4.69, 9.17) is 9.41 Å². The van der Waals surface area contributed by atoms with E-state index < -0.39 is 0 Å². The fourth-order valence-corrected chi connectivity index (χ4v) is 3.43. The lowest BCUT2D eigenvalue weighted by atomic mass is 10.1. The van der Waals surface area contributed by atoms with Gasteiger partial charge in [0, 0.05) is 17.0 Å². The van der Waals surface area contributed by atoms with Crippen molar-refractivity contribution in [2.75, 3.05) is 0 Å². The zero-order chi connectivity index (χ0) is 18.0. The first-order valence-electron chi connectivity index (χ1n) is 8.37. The van der Waals surface area contributed by atoms with Crippen LogP contribution in [0.3, 0.4) is 0 Å². The first-order valence-corrected chi connectivity index (χ1v) is 9.25. The molecule has 0 N–H and O–H groups in total. The van der Waals surface area contributed by atoms with Gasteiger partial charge in [0.25, 0.3) is 0 Å². The Labute approximate surface area is 152 Å². The van der Waals surface area contributed by atoms with Crippen LogP contribution in [0.25, 0.3) is 11.3 Å². The van der Waals surface area contributed by atoms with Crippen molar-refractivity contribution < 1.29 is 4.42 Å². The molecule has 130 valence electrons. The van der Waals surface area contributed by atoms with E-state index in [0.29, 0.717) is 0 Å². The maximum Gasteiger partial charge on any atom is 0.206 e. The second-order valence-corrected chi connectivity index (χ2v) is 7.27. The lowest BCUT2D eigenvalue weighted by molar-refractivity contribution is 0.527. The van der Waals surface area contributed by atoms with E-state index in [0.717, 1.165) is 27.6 Å². The molecule has 3 aromatic rings. The van der Waals surface area contributed by atoms with Crippen molar-refractivity contribution in [2.45, 2.75) is 40.7 Å². The molecule has 0 bridgehead atoms. The van der Waals surface area contributed by atoms with Gasteiger partial charge in [-0.2, -0.15) is 5.10 Å². The first kappa shape index (κ1) is 17.4. The highest BCUT2D eigenvalue weighted by Crippen LogP contribution is 2.23. The molecule has 0 fully saturated rings. The third-order valence-electron chi connectivity index (χ3n) is 3.92. The Bertz CT molecular complexity index is 973. The largest absolute Gasteiger partial charge is 0.460 e. The Balaban J connectivity index is 2.11. The monoisotopic (exact) mass is 353 g/mol. The Kier molecular flexibility index (Phi) is 5.04. The standard InChI is InChI=1S/C20H23N3OS/c1-13(2)22-20-23(21-11-18-9-7-16(5)24-18)19(12-25-20)17-8-6-14(3)15(4)10-17/h6-13H,1-5H3. The average Bonchev–Trinajstić information content (AvgIpc) is 3.14. The molecule has 4 nitrogen and oxygen atoms in total. The molecular weight excluding hydrogens is 330 g/mol. The van der Waals surface area contributed by atoms with Crippen molar-refractivity contribution in [2.24, 2.45) is 10.1 Å². The number of aryl methyl sites for hydroxylation is 3. The van der Waals surface area contributed by atoms with Crippen LogP contribution in [0, 0.1) is 20.8 Å². The Morgan fingerprint density at radius 1 is 1.08 bits per heavy atom. The quantitative estimate of drug-likeness (QED) is 0.614. The van der Waals surface area contributed by atoms with Gasteiger partial charge in [-0.15, -0.1) is 11.3 Å². The van der Waals surface area contributed by atoms with Crippen LogP contribution in [0.5, 0.6) is 0 Å². The van der Waals surface area contributed by atoms with E-state index >= 15 is 0 Å². The Morgan fingerprint density at radius 3 is 2.52 bits per heavy atom. The molecule has 0 radical (unpaired) electrons. The van der Waals surface area contributed by atoms with E-state index in [9.17, 15) is 0 Å². The second-order valence-electron chi connectivity index (χ2n) is 6.43. The lowest BCUT2D eigenvalue weighted by Crippen LogP contribution is -2.14. The van der Waals surface area contributed by atoms with Gasteiger partial charge in [0.1, 0.15) is 11.5 Å². The van der Waals surface area contributed by atoms with Crippen molar-refractivity contribution in [3.05, 3.63) is 63.2 Å². The Hall–Kier alpha value is -2.40. The summed E-state index contributed by atoms with van der Waals surface area (Å²) in [6.45, 7) is 10.3. The number of thiazole rings is 1. The van der Waals surface area contributed by atoms with Crippen molar-refractivity contribution in [3.8, 4) is 11.3 Å².